The minimum atomic E-state index is -0.207. The smallest absolute Gasteiger partial charge is 0.262 e. The van der Waals surface area contributed by atoms with E-state index in [0.717, 1.165) is 28.4 Å². The Morgan fingerprint density at radius 3 is 2.54 bits per heavy atom. The summed E-state index contributed by atoms with van der Waals surface area (Å²) < 4.78 is 11.5. The lowest BCUT2D eigenvalue weighted by atomic mass is 9.99. The van der Waals surface area contributed by atoms with Gasteiger partial charge >= 0.3 is 0 Å². The van der Waals surface area contributed by atoms with Crippen LogP contribution in [0.4, 0.5) is 5.69 Å². The largest absolute Gasteiger partial charge is 0.484 e. The molecule has 1 atom stereocenters. The lowest BCUT2D eigenvalue weighted by molar-refractivity contribution is -0.118. The van der Waals surface area contributed by atoms with E-state index in [1.807, 2.05) is 54.6 Å². The van der Waals surface area contributed by atoms with Gasteiger partial charge in [-0.15, -0.1) is 0 Å². The topological polar surface area (TPSA) is 51.5 Å². The maximum absolute atomic E-state index is 12.2. The molecule has 0 aliphatic heterocycles. The zero-order chi connectivity index (χ0) is 19.5. The van der Waals surface area contributed by atoms with Gasteiger partial charge in [-0.05, 0) is 48.2 Å². The molecule has 4 rings (SSSR count). The molecule has 3 aromatic carbocycles. The molecule has 0 bridgehead atoms. The van der Waals surface area contributed by atoms with E-state index in [1.54, 1.807) is 0 Å². The van der Waals surface area contributed by atoms with Gasteiger partial charge in [0.1, 0.15) is 16.9 Å². The van der Waals surface area contributed by atoms with Gasteiger partial charge in [0.2, 0.25) is 0 Å². The Morgan fingerprint density at radius 2 is 1.75 bits per heavy atom. The summed E-state index contributed by atoms with van der Waals surface area (Å²) in [4.78, 5) is 12.2. The fourth-order valence-electron chi connectivity index (χ4n) is 3.28. The molecule has 1 aromatic heterocycles. The number of benzene rings is 3. The van der Waals surface area contributed by atoms with E-state index in [4.69, 9.17) is 9.15 Å². The van der Waals surface area contributed by atoms with Crippen LogP contribution in [0.2, 0.25) is 0 Å². The van der Waals surface area contributed by atoms with Gasteiger partial charge in [-0.2, -0.15) is 0 Å². The molecule has 28 heavy (non-hydrogen) atoms. The monoisotopic (exact) mass is 373 g/mol. The van der Waals surface area contributed by atoms with Gasteiger partial charge in [0.15, 0.2) is 6.61 Å². The van der Waals surface area contributed by atoms with Crippen molar-refractivity contribution in [2.24, 2.45) is 0 Å². The van der Waals surface area contributed by atoms with Crippen LogP contribution in [0.3, 0.4) is 0 Å². The molecule has 0 radical (unpaired) electrons. The molecule has 1 N–H and O–H groups in total. The van der Waals surface area contributed by atoms with Crippen molar-refractivity contribution < 1.29 is 13.9 Å². The molecule has 0 saturated carbocycles. The number of anilines is 1. The molecule has 4 nitrogen and oxygen atoms in total. The number of fused-ring (bicyclic) bond motifs is 3. The normalized spacial score (nSPS) is 12.2. The summed E-state index contributed by atoms with van der Waals surface area (Å²) in [6.45, 7) is 4.32. The molecule has 4 aromatic rings. The first kappa shape index (κ1) is 18.1. The van der Waals surface area contributed by atoms with Crippen molar-refractivity contribution in [3.8, 4) is 5.75 Å². The molecule has 0 aliphatic carbocycles. The number of hydrogen-bond donors (Lipinski definition) is 1. The lowest BCUT2D eigenvalue weighted by Gasteiger charge is -2.11. The SMILES string of the molecule is CCC(C)c1ccc(OCC(=O)Nc2ccc3c(c2)oc2ccccc23)cc1. The minimum absolute atomic E-state index is 0.0408. The summed E-state index contributed by atoms with van der Waals surface area (Å²) in [6, 6.07) is 21.5. The molecule has 4 heteroatoms. The molecular formula is C24H23NO3. The van der Waals surface area contributed by atoms with E-state index in [1.165, 1.54) is 5.56 Å². The highest BCUT2D eigenvalue weighted by Gasteiger charge is 2.09. The second kappa shape index (κ2) is 7.77. The molecule has 1 unspecified atom stereocenters. The van der Waals surface area contributed by atoms with Gasteiger partial charge in [-0.3, -0.25) is 4.79 Å². The predicted molar refractivity (Wildman–Crippen MR) is 113 cm³/mol. The Hall–Kier alpha value is -3.27. The third-order valence-corrected chi connectivity index (χ3v) is 5.09. The number of nitrogens with one attached hydrogen (secondary N) is 1. The number of carbonyl (C=O) groups is 1. The standard InChI is InChI=1S/C24H23NO3/c1-3-16(2)17-8-11-19(12-9-17)27-15-24(26)25-18-10-13-21-20-6-4-5-7-22(20)28-23(21)14-18/h4-14,16H,3,15H2,1-2H3,(H,25,26). The molecule has 0 spiro atoms. The molecule has 1 heterocycles. The van der Waals surface area contributed by atoms with Crippen LogP contribution in [-0.4, -0.2) is 12.5 Å². The quantitative estimate of drug-likeness (QED) is 0.443. The third kappa shape index (κ3) is 3.72. The number of carbonyl (C=O) groups excluding carboxylic acids is 1. The van der Waals surface area contributed by atoms with Crippen molar-refractivity contribution in [2.45, 2.75) is 26.2 Å². The van der Waals surface area contributed by atoms with Crippen LogP contribution in [0, 0.1) is 0 Å². The predicted octanol–water partition coefficient (Wildman–Crippen LogP) is 6.12. The number of furan rings is 1. The first-order valence-electron chi connectivity index (χ1n) is 9.58. The Labute approximate surface area is 164 Å². The molecule has 0 aliphatic rings. The summed E-state index contributed by atoms with van der Waals surface area (Å²) in [5, 5.41) is 4.97. The maximum atomic E-state index is 12.2. The molecule has 0 fully saturated rings. The van der Waals surface area contributed by atoms with Gasteiger partial charge in [0.25, 0.3) is 5.91 Å². The van der Waals surface area contributed by atoms with Crippen LogP contribution in [-0.2, 0) is 4.79 Å². The molecular weight excluding hydrogens is 350 g/mol. The van der Waals surface area contributed by atoms with E-state index in [0.29, 0.717) is 17.4 Å². The Balaban J connectivity index is 1.40. The van der Waals surface area contributed by atoms with Crippen LogP contribution in [0.5, 0.6) is 5.75 Å². The number of amides is 1. The maximum Gasteiger partial charge on any atom is 0.262 e. The zero-order valence-electron chi connectivity index (χ0n) is 16.1. The molecule has 0 saturated heterocycles. The highest BCUT2D eigenvalue weighted by atomic mass is 16.5. The summed E-state index contributed by atoms with van der Waals surface area (Å²) in [5.74, 6) is 1.00. The molecule has 142 valence electrons. The second-order valence-electron chi connectivity index (χ2n) is 7.02. The average molecular weight is 373 g/mol. The summed E-state index contributed by atoms with van der Waals surface area (Å²) in [7, 11) is 0. The second-order valence-corrected chi connectivity index (χ2v) is 7.02. The van der Waals surface area contributed by atoms with Crippen molar-refractivity contribution in [3.63, 3.8) is 0 Å². The van der Waals surface area contributed by atoms with Crippen LogP contribution in [0.1, 0.15) is 31.7 Å². The lowest BCUT2D eigenvalue weighted by Crippen LogP contribution is -2.20. The van der Waals surface area contributed by atoms with Crippen LogP contribution < -0.4 is 10.1 Å². The number of para-hydroxylation sites is 1. The van der Waals surface area contributed by atoms with Crippen LogP contribution in [0.25, 0.3) is 21.9 Å². The Morgan fingerprint density at radius 1 is 1.00 bits per heavy atom. The Kier molecular flexibility index (Phi) is 5.02. The van der Waals surface area contributed by atoms with Crippen molar-refractivity contribution in [1.82, 2.24) is 0 Å². The van der Waals surface area contributed by atoms with Gasteiger partial charge in [0.05, 0.1) is 0 Å². The number of hydrogen-bond acceptors (Lipinski definition) is 3. The third-order valence-electron chi connectivity index (χ3n) is 5.09. The van der Waals surface area contributed by atoms with Crippen molar-refractivity contribution in [3.05, 3.63) is 72.3 Å². The van der Waals surface area contributed by atoms with Gasteiger partial charge in [0, 0.05) is 22.5 Å². The van der Waals surface area contributed by atoms with Gasteiger partial charge < -0.3 is 14.5 Å². The average Bonchev–Trinajstić information content (AvgIpc) is 3.10. The van der Waals surface area contributed by atoms with Crippen molar-refractivity contribution in [1.29, 1.82) is 0 Å². The van der Waals surface area contributed by atoms with E-state index in [2.05, 4.69) is 31.3 Å². The zero-order valence-corrected chi connectivity index (χ0v) is 16.1. The minimum Gasteiger partial charge on any atom is -0.484 e. The van der Waals surface area contributed by atoms with E-state index in [9.17, 15) is 4.79 Å². The first-order chi connectivity index (χ1) is 13.6. The van der Waals surface area contributed by atoms with Crippen LogP contribution in [0.15, 0.2) is 71.1 Å². The summed E-state index contributed by atoms with van der Waals surface area (Å²) in [5.41, 5.74) is 3.55. The number of ether oxygens (including phenoxy) is 1. The fraction of sp³-hybridized carbons (Fsp3) is 0.208. The summed E-state index contributed by atoms with van der Waals surface area (Å²) >= 11 is 0. The first-order valence-corrected chi connectivity index (χ1v) is 9.58. The van der Waals surface area contributed by atoms with Crippen molar-refractivity contribution >= 4 is 33.5 Å². The van der Waals surface area contributed by atoms with Gasteiger partial charge in [-0.1, -0.05) is 44.2 Å². The number of rotatable bonds is 6. The highest BCUT2D eigenvalue weighted by molar-refractivity contribution is 6.06. The van der Waals surface area contributed by atoms with Crippen molar-refractivity contribution in [2.75, 3.05) is 11.9 Å². The highest BCUT2D eigenvalue weighted by Crippen LogP contribution is 2.30. The molecule has 1 amide bonds. The van der Waals surface area contributed by atoms with E-state index < -0.39 is 0 Å². The van der Waals surface area contributed by atoms with E-state index in [-0.39, 0.29) is 12.5 Å². The summed E-state index contributed by atoms with van der Waals surface area (Å²) in [6.07, 6.45) is 1.10. The Bertz CT molecular complexity index is 1110. The van der Waals surface area contributed by atoms with Crippen LogP contribution >= 0.6 is 0 Å². The van der Waals surface area contributed by atoms with E-state index >= 15 is 0 Å². The fourth-order valence-corrected chi connectivity index (χ4v) is 3.28. The van der Waals surface area contributed by atoms with Gasteiger partial charge in [-0.25, -0.2) is 0 Å².